The molecule has 0 aliphatic heterocycles. The quantitative estimate of drug-likeness (QED) is 0.707. The molecule has 1 aromatic carbocycles. The minimum atomic E-state index is -0.129. The zero-order valence-electron chi connectivity index (χ0n) is 10.4. The number of pyridine rings is 1. The van der Waals surface area contributed by atoms with Crippen LogP contribution in [0.15, 0.2) is 40.1 Å². The van der Waals surface area contributed by atoms with Crippen molar-refractivity contribution in [2.75, 3.05) is 0 Å². The van der Waals surface area contributed by atoms with E-state index in [4.69, 9.17) is 5.11 Å². The zero-order chi connectivity index (χ0) is 13.9. The summed E-state index contributed by atoms with van der Waals surface area (Å²) < 4.78 is 1.04. The molecule has 0 saturated carbocycles. The summed E-state index contributed by atoms with van der Waals surface area (Å²) in [6, 6.07) is 8.03. The normalized spacial score (nSPS) is 11.1. The van der Waals surface area contributed by atoms with Gasteiger partial charge in [0.05, 0.1) is 5.52 Å². The molecule has 5 nitrogen and oxygen atoms in total. The fourth-order valence-corrected chi connectivity index (χ4v) is 3.12. The minimum Gasteiger partial charge on any atom is -0.388 e. The summed E-state index contributed by atoms with van der Waals surface area (Å²) in [5.41, 5.74) is 2.11. The second-order valence-corrected chi connectivity index (χ2v) is 5.91. The number of fused-ring (bicyclic) bond motifs is 1. The molecule has 3 aromatic rings. The van der Waals surface area contributed by atoms with E-state index in [0.717, 1.165) is 26.7 Å². The Kier molecular flexibility index (Phi) is 4.00. The van der Waals surface area contributed by atoms with Crippen LogP contribution in [-0.4, -0.2) is 25.3 Å². The molecule has 0 fully saturated rings. The average molecular weight is 351 g/mol. The lowest BCUT2D eigenvalue weighted by molar-refractivity contribution is 0.271. The van der Waals surface area contributed by atoms with E-state index in [-0.39, 0.29) is 6.61 Å². The van der Waals surface area contributed by atoms with Gasteiger partial charge in [0.15, 0.2) is 5.82 Å². The molecule has 0 unspecified atom stereocenters. The number of aromatic nitrogens is 4. The Labute approximate surface area is 128 Å². The number of H-pyrrole nitrogens is 1. The topological polar surface area (TPSA) is 74.7 Å². The smallest absolute Gasteiger partial charge is 0.208 e. The molecule has 0 atom stereocenters. The van der Waals surface area contributed by atoms with E-state index in [1.807, 2.05) is 24.3 Å². The number of rotatable bonds is 4. The van der Waals surface area contributed by atoms with Crippen LogP contribution in [0.3, 0.4) is 0 Å². The molecular weight excluding hydrogens is 340 g/mol. The fourth-order valence-electron chi connectivity index (χ4n) is 1.87. The SMILES string of the molecule is OCc1nc(SCc2ccc(Br)c3cccnc23)n[nH]1. The van der Waals surface area contributed by atoms with Gasteiger partial charge in [-0.2, -0.15) is 0 Å². The van der Waals surface area contributed by atoms with Gasteiger partial charge in [-0.3, -0.25) is 10.1 Å². The van der Waals surface area contributed by atoms with E-state index in [9.17, 15) is 0 Å². The van der Waals surface area contributed by atoms with Crippen molar-refractivity contribution in [2.24, 2.45) is 0 Å². The van der Waals surface area contributed by atoms with E-state index >= 15 is 0 Å². The molecular formula is C13H11BrN4OS. The highest BCUT2D eigenvalue weighted by molar-refractivity contribution is 9.10. The summed E-state index contributed by atoms with van der Waals surface area (Å²) >= 11 is 5.05. The van der Waals surface area contributed by atoms with Gasteiger partial charge in [-0.1, -0.05) is 39.8 Å². The summed E-state index contributed by atoms with van der Waals surface area (Å²) in [4.78, 5) is 8.60. The molecule has 2 aromatic heterocycles. The van der Waals surface area contributed by atoms with Crippen LogP contribution in [0.1, 0.15) is 11.4 Å². The van der Waals surface area contributed by atoms with Crippen LogP contribution in [0.4, 0.5) is 0 Å². The highest BCUT2D eigenvalue weighted by atomic mass is 79.9. The molecule has 102 valence electrons. The molecule has 0 aliphatic rings. The van der Waals surface area contributed by atoms with Gasteiger partial charge in [-0.15, -0.1) is 5.10 Å². The molecule has 0 bridgehead atoms. The number of nitrogens with one attached hydrogen (secondary N) is 1. The van der Waals surface area contributed by atoms with Gasteiger partial charge in [-0.25, -0.2) is 4.98 Å². The monoisotopic (exact) mass is 350 g/mol. The maximum Gasteiger partial charge on any atom is 0.208 e. The molecule has 0 spiro atoms. The van der Waals surface area contributed by atoms with E-state index in [1.54, 1.807) is 6.20 Å². The van der Waals surface area contributed by atoms with E-state index in [2.05, 4.69) is 36.1 Å². The van der Waals surface area contributed by atoms with Gasteiger partial charge in [0.2, 0.25) is 5.16 Å². The zero-order valence-corrected chi connectivity index (χ0v) is 12.8. The lowest BCUT2D eigenvalue weighted by Gasteiger charge is -2.05. The Balaban J connectivity index is 1.86. The summed E-state index contributed by atoms with van der Waals surface area (Å²) in [6.07, 6.45) is 1.79. The van der Waals surface area contributed by atoms with Crippen LogP contribution in [0.25, 0.3) is 10.9 Å². The third-order valence-electron chi connectivity index (χ3n) is 2.82. The summed E-state index contributed by atoms with van der Waals surface area (Å²) in [7, 11) is 0. The molecule has 3 rings (SSSR count). The highest BCUT2D eigenvalue weighted by Gasteiger charge is 2.08. The van der Waals surface area contributed by atoms with E-state index < -0.39 is 0 Å². The Morgan fingerprint density at radius 2 is 2.20 bits per heavy atom. The van der Waals surface area contributed by atoms with E-state index in [0.29, 0.717) is 11.0 Å². The molecule has 7 heteroatoms. The van der Waals surface area contributed by atoms with Crippen molar-refractivity contribution >= 4 is 38.6 Å². The number of nitrogens with zero attached hydrogens (tertiary/aromatic N) is 3. The Bertz CT molecular complexity index is 746. The first kappa shape index (κ1) is 13.5. The maximum atomic E-state index is 8.95. The second kappa shape index (κ2) is 5.90. The average Bonchev–Trinajstić information content (AvgIpc) is 2.95. The second-order valence-electron chi connectivity index (χ2n) is 4.12. The standard InChI is InChI=1S/C13H11BrN4OS/c14-10-4-3-8(12-9(10)2-1-5-15-12)7-20-13-16-11(6-19)17-18-13/h1-5,19H,6-7H2,(H,16,17,18). The van der Waals surface area contributed by atoms with Crippen LogP contribution < -0.4 is 0 Å². The third kappa shape index (κ3) is 2.70. The van der Waals surface area contributed by atoms with Gasteiger partial charge in [-0.05, 0) is 17.7 Å². The minimum absolute atomic E-state index is 0.129. The number of thioether (sulfide) groups is 1. The fraction of sp³-hybridized carbons (Fsp3) is 0.154. The predicted octanol–water partition coefficient (Wildman–Crippen LogP) is 2.90. The first-order chi connectivity index (χ1) is 9.78. The molecule has 0 amide bonds. The van der Waals surface area contributed by atoms with Crippen molar-refractivity contribution in [2.45, 2.75) is 17.5 Å². The van der Waals surface area contributed by atoms with E-state index in [1.165, 1.54) is 11.8 Å². The molecule has 2 N–H and O–H groups in total. The third-order valence-corrected chi connectivity index (χ3v) is 4.41. The van der Waals surface area contributed by atoms with Crippen LogP contribution in [0, 0.1) is 0 Å². The number of halogens is 1. The largest absolute Gasteiger partial charge is 0.388 e. The van der Waals surface area contributed by atoms with Gasteiger partial charge in [0.1, 0.15) is 6.61 Å². The van der Waals surface area contributed by atoms with Crippen molar-refractivity contribution in [1.82, 2.24) is 20.2 Å². The van der Waals surface area contributed by atoms with Crippen LogP contribution >= 0.6 is 27.7 Å². The van der Waals surface area contributed by atoms with Crippen molar-refractivity contribution in [1.29, 1.82) is 0 Å². The van der Waals surface area contributed by atoms with Gasteiger partial charge >= 0.3 is 0 Å². The van der Waals surface area contributed by atoms with Crippen LogP contribution in [-0.2, 0) is 12.4 Å². The van der Waals surface area contributed by atoms with Crippen LogP contribution in [0.5, 0.6) is 0 Å². The summed E-state index contributed by atoms with van der Waals surface area (Å²) in [5.74, 6) is 1.20. The van der Waals surface area contributed by atoms with Crippen LogP contribution in [0.2, 0.25) is 0 Å². The van der Waals surface area contributed by atoms with Gasteiger partial charge in [0, 0.05) is 21.8 Å². The molecule has 0 aliphatic carbocycles. The Morgan fingerprint density at radius 3 is 3.00 bits per heavy atom. The number of aliphatic hydroxyl groups excluding tert-OH is 1. The lowest BCUT2D eigenvalue weighted by Crippen LogP contribution is -1.89. The molecule has 0 radical (unpaired) electrons. The molecule has 0 saturated heterocycles. The highest BCUT2D eigenvalue weighted by Crippen LogP contribution is 2.28. The lowest BCUT2D eigenvalue weighted by atomic mass is 10.1. The number of aromatic amines is 1. The van der Waals surface area contributed by atoms with Gasteiger partial charge in [0.25, 0.3) is 0 Å². The molecule has 2 heterocycles. The van der Waals surface area contributed by atoms with Crippen molar-refractivity contribution < 1.29 is 5.11 Å². The number of hydrogen-bond acceptors (Lipinski definition) is 5. The number of aliphatic hydroxyl groups is 1. The summed E-state index contributed by atoms with van der Waals surface area (Å²) in [6.45, 7) is -0.129. The maximum absolute atomic E-state index is 8.95. The van der Waals surface area contributed by atoms with Crippen molar-refractivity contribution in [3.63, 3.8) is 0 Å². The Hall–Kier alpha value is -1.44. The molecule has 20 heavy (non-hydrogen) atoms. The van der Waals surface area contributed by atoms with Crippen molar-refractivity contribution in [3.8, 4) is 0 Å². The number of hydrogen-bond donors (Lipinski definition) is 2. The predicted molar refractivity (Wildman–Crippen MR) is 81.3 cm³/mol. The first-order valence-electron chi connectivity index (χ1n) is 5.95. The Morgan fingerprint density at radius 1 is 1.30 bits per heavy atom. The van der Waals surface area contributed by atoms with Gasteiger partial charge < -0.3 is 5.11 Å². The summed E-state index contributed by atoms with van der Waals surface area (Å²) in [5, 5.41) is 17.4. The first-order valence-corrected chi connectivity index (χ1v) is 7.73. The van der Waals surface area contributed by atoms with Crippen molar-refractivity contribution in [3.05, 3.63) is 46.3 Å². The number of benzene rings is 1.